The van der Waals surface area contributed by atoms with Crippen molar-refractivity contribution in [3.63, 3.8) is 0 Å². The van der Waals surface area contributed by atoms with Crippen LogP contribution in [0.1, 0.15) is 59.9 Å². The molecule has 0 heterocycles. The topological polar surface area (TPSA) is 87.7 Å². The molecule has 0 unspecified atom stereocenters. The first-order chi connectivity index (χ1) is 15.0. The molecule has 0 aliphatic carbocycles. The molecule has 1 rings (SSSR count). The number of carbonyl (C=O) groups excluding carboxylic acids is 2. The monoisotopic (exact) mass is 484 g/mol. The lowest BCUT2D eigenvalue weighted by molar-refractivity contribution is -0.135. The quantitative estimate of drug-likeness (QED) is 0.261. The maximum atomic E-state index is 12.8. The molecule has 0 fully saturated rings. The SMILES string of the molecule is CC(C)C[C@H](OCc1cccc(O)c1)C(=O)N[C@H](C)CSSCCNC(=O)CC(C)(C)C. The average molecular weight is 485 g/mol. The van der Waals surface area contributed by atoms with Gasteiger partial charge < -0.3 is 20.5 Å². The van der Waals surface area contributed by atoms with Gasteiger partial charge in [-0.1, -0.05) is 68.3 Å². The normalized spacial score (nSPS) is 13.6. The van der Waals surface area contributed by atoms with Gasteiger partial charge in [-0.05, 0) is 42.4 Å². The van der Waals surface area contributed by atoms with Gasteiger partial charge in [0.2, 0.25) is 11.8 Å². The van der Waals surface area contributed by atoms with E-state index in [2.05, 4.69) is 45.3 Å². The molecule has 0 saturated heterocycles. The Morgan fingerprint density at radius 2 is 1.88 bits per heavy atom. The summed E-state index contributed by atoms with van der Waals surface area (Å²) < 4.78 is 5.90. The summed E-state index contributed by atoms with van der Waals surface area (Å²) in [6.45, 7) is 13.2. The minimum atomic E-state index is -0.532. The minimum absolute atomic E-state index is 0.000369. The predicted octanol–water partition coefficient (Wildman–Crippen LogP) is 4.76. The van der Waals surface area contributed by atoms with Gasteiger partial charge in [-0.2, -0.15) is 0 Å². The van der Waals surface area contributed by atoms with Crippen molar-refractivity contribution in [3.05, 3.63) is 29.8 Å². The number of rotatable bonds is 14. The summed E-state index contributed by atoms with van der Waals surface area (Å²) in [4.78, 5) is 24.6. The zero-order chi connectivity index (χ0) is 24.1. The molecule has 0 aromatic heterocycles. The maximum Gasteiger partial charge on any atom is 0.249 e. The third kappa shape index (κ3) is 13.9. The van der Waals surface area contributed by atoms with Crippen molar-refractivity contribution in [2.75, 3.05) is 18.1 Å². The van der Waals surface area contributed by atoms with Crippen molar-refractivity contribution in [1.29, 1.82) is 0 Å². The first kappa shape index (κ1) is 28.7. The van der Waals surface area contributed by atoms with Crippen molar-refractivity contribution in [3.8, 4) is 5.75 Å². The van der Waals surface area contributed by atoms with Gasteiger partial charge in [0.15, 0.2) is 0 Å². The van der Waals surface area contributed by atoms with Crippen LogP contribution in [0.4, 0.5) is 0 Å². The highest BCUT2D eigenvalue weighted by Gasteiger charge is 2.22. The molecule has 0 aliphatic rings. The molecule has 0 radical (unpaired) electrons. The summed E-state index contributed by atoms with van der Waals surface area (Å²) in [6.07, 6.45) is 0.627. The first-order valence-electron chi connectivity index (χ1n) is 11.2. The fourth-order valence-corrected chi connectivity index (χ4v) is 5.08. The number of hydrogen-bond donors (Lipinski definition) is 3. The highest BCUT2D eigenvalue weighted by Crippen LogP contribution is 2.22. The molecule has 6 nitrogen and oxygen atoms in total. The number of hydrogen-bond acceptors (Lipinski definition) is 6. The van der Waals surface area contributed by atoms with E-state index in [0.717, 1.165) is 17.1 Å². The van der Waals surface area contributed by atoms with Crippen molar-refractivity contribution >= 4 is 33.4 Å². The number of ether oxygens (including phenoxy) is 1. The van der Waals surface area contributed by atoms with Crippen LogP contribution in [0.3, 0.4) is 0 Å². The third-order valence-electron chi connectivity index (χ3n) is 4.33. The van der Waals surface area contributed by atoms with Gasteiger partial charge in [0, 0.05) is 30.5 Å². The fourth-order valence-electron chi connectivity index (χ4n) is 2.88. The Kier molecular flexibility index (Phi) is 13.2. The molecule has 32 heavy (non-hydrogen) atoms. The summed E-state index contributed by atoms with van der Waals surface area (Å²) >= 11 is 0. The Morgan fingerprint density at radius 1 is 1.16 bits per heavy atom. The van der Waals surface area contributed by atoms with Crippen molar-refractivity contribution in [2.45, 2.75) is 73.1 Å². The molecule has 1 aromatic carbocycles. The fraction of sp³-hybridized carbons (Fsp3) is 0.667. The van der Waals surface area contributed by atoms with Crippen LogP contribution in [-0.2, 0) is 20.9 Å². The molecule has 182 valence electrons. The van der Waals surface area contributed by atoms with Gasteiger partial charge in [0.25, 0.3) is 0 Å². The summed E-state index contributed by atoms with van der Waals surface area (Å²) in [5, 5.41) is 15.6. The Bertz CT molecular complexity index is 707. The molecule has 1 aromatic rings. The van der Waals surface area contributed by atoms with E-state index >= 15 is 0 Å². The standard InChI is InChI=1S/C24H40N2O4S2/c1-17(2)12-21(30-15-19-8-7-9-20(27)13-19)23(29)26-18(3)16-32-31-11-10-25-22(28)14-24(4,5)6/h7-9,13,17-18,21,27H,10-12,14-16H2,1-6H3,(H,25,28)(H,26,29)/t18-,21+/m1/s1. The van der Waals surface area contributed by atoms with E-state index in [4.69, 9.17) is 4.74 Å². The number of carbonyl (C=O) groups is 2. The Hall–Kier alpha value is -1.38. The zero-order valence-corrected chi connectivity index (χ0v) is 21.9. The number of amides is 2. The number of benzene rings is 1. The summed E-state index contributed by atoms with van der Waals surface area (Å²) in [5.41, 5.74) is 0.834. The number of aromatic hydroxyl groups is 1. The van der Waals surface area contributed by atoms with Gasteiger partial charge in [-0.15, -0.1) is 0 Å². The van der Waals surface area contributed by atoms with E-state index in [1.54, 1.807) is 39.8 Å². The average Bonchev–Trinajstić information content (AvgIpc) is 2.66. The first-order valence-corrected chi connectivity index (χ1v) is 13.7. The molecule has 0 spiro atoms. The van der Waals surface area contributed by atoms with Crippen LogP contribution in [0.2, 0.25) is 0 Å². The zero-order valence-electron chi connectivity index (χ0n) is 20.3. The summed E-state index contributed by atoms with van der Waals surface area (Å²) in [5.74, 6) is 2.09. The van der Waals surface area contributed by atoms with E-state index in [1.165, 1.54) is 0 Å². The second-order valence-electron chi connectivity index (χ2n) is 9.70. The van der Waals surface area contributed by atoms with Gasteiger partial charge in [0.1, 0.15) is 11.9 Å². The lowest BCUT2D eigenvalue weighted by Gasteiger charge is -2.22. The van der Waals surface area contributed by atoms with E-state index in [1.807, 2.05) is 13.0 Å². The van der Waals surface area contributed by atoms with Crippen LogP contribution >= 0.6 is 21.6 Å². The number of phenols is 1. The highest BCUT2D eigenvalue weighted by molar-refractivity contribution is 8.76. The molecule has 3 N–H and O–H groups in total. The Labute approximate surface area is 201 Å². The summed E-state index contributed by atoms with van der Waals surface area (Å²) in [7, 11) is 3.38. The van der Waals surface area contributed by atoms with Crippen molar-refractivity contribution in [1.82, 2.24) is 10.6 Å². The predicted molar refractivity (Wildman–Crippen MR) is 136 cm³/mol. The van der Waals surface area contributed by atoms with Gasteiger partial charge >= 0.3 is 0 Å². The molecule has 2 amide bonds. The molecule has 0 saturated carbocycles. The lowest BCUT2D eigenvalue weighted by atomic mass is 9.92. The largest absolute Gasteiger partial charge is 0.508 e. The Balaban J connectivity index is 2.32. The van der Waals surface area contributed by atoms with E-state index in [-0.39, 0.29) is 35.6 Å². The van der Waals surface area contributed by atoms with Gasteiger partial charge in [-0.3, -0.25) is 9.59 Å². The molecule has 0 aliphatic heterocycles. The second-order valence-corrected chi connectivity index (χ2v) is 12.3. The number of nitrogens with one attached hydrogen (secondary N) is 2. The smallest absolute Gasteiger partial charge is 0.249 e. The highest BCUT2D eigenvalue weighted by atomic mass is 33.1. The van der Waals surface area contributed by atoms with Crippen LogP contribution < -0.4 is 10.6 Å². The van der Waals surface area contributed by atoms with Crippen LogP contribution in [0.25, 0.3) is 0 Å². The minimum Gasteiger partial charge on any atom is -0.508 e. The molecule has 2 atom stereocenters. The van der Waals surface area contributed by atoms with Crippen LogP contribution in [0.5, 0.6) is 5.75 Å². The van der Waals surface area contributed by atoms with E-state index in [9.17, 15) is 14.7 Å². The molecule has 0 bridgehead atoms. The van der Waals surface area contributed by atoms with Crippen LogP contribution in [0, 0.1) is 11.3 Å². The molecule has 8 heteroatoms. The lowest BCUT2D eigenvalue weighted by Crippen LogP contribution is -2.42. The van der Waals surface area contributed by atoms with Crippen molar-refractivity contribution in [2.24, 2.45) is 11.3 Å². The molecular weight excluding hydrogens is 444 g/mol. The van der Waals surface area contributed by atoms with Gasteiger partial charge in [0.05, 0.1) is 6.61 Å². The Morgan fingerprint density at radius 3 is 2.50 bits per heavy atom. The number of phenolic OH excluding ortho intramolecular Hbond substituents is 1. The third-order valence-corrected chi connectivity index (χ3v) is 6.91. The van der Waals surface area contributed by atoms with Crippen LogP contribution in [-0.4, -0.2) is 47.1 Å². The molecular formula is C24H40N2O4S2. The van der Waals surface area contributed by atoms with E-state index < -0.39 is 6.10 Å². The maximum absolute atomic E-state index is 12.8. The van der Waals surface area contributed by atoms with Crippen molar-refractivity contribution < 1.29 is 19.4 Å². The summed E-state index contributed by atoms with van der Waals surface area (Å²) in [6, 6.07) is 6.89. The second kappa shape index (κ2) is 14.7. The van der Waals surface area contributed by atoms with E-state index in [0.29, 0.717) is 25.3 Å². The van der Waals surface area contributed by atoms with Crippen LogP contribution in [0.15, 0.2) is 24.3 Å². The van der Waals surface area contributed by atoms with Gasteiger partial charge in [-0.25, -0.2) is 0 Å².